The van der Waals surface area contributed by atoms with Crippen molar-refractivity contribution < 1.29 is 31.1 Å². The first-order valence-electron chi connectivity index (χ1n) is 7.09. The highest BCUT2D eigenvalue weighted by molar-refractivity contribution is 5.80. The maximum absolute atomic E-state index is 13.2. The molecule has 0 saturated heterocycles. The van der Waals surface area contributed by atoms with E-state index in [9.17, 15) is 31.1 Å². The zero-order valence-corrected chi connectivity index (χ0v) is 13.4. The Morgan fingerprint density at radius 1 is 1.19 bits per heavy atom. The molecule has 1 aromatic carbocycles. The maximum Gasteiger partial charge on any atom is 0.439 e. The molecule has 1 atom stereocenters. The van der Waals surface area contributed by atoms with Gasteiger partial charge in [-0.15, -0.1) is 10.2 Å². The van der Waals surface area contributed by atoms with Gasteiger partial charge in [-0.3, -0.25) is 9.78 Å². The van der Waals surface area contributed by atoms with Crippen LogP contribution in [-0.2, 0) is 0 Å². The van der Waals surface area contributed by atoms with Gasteiger partial charge in [0.25, 0.3) is 11.7 Å². The van der Waals surface area contributed by atoms with Crippen molar-refractivity contribution in [1.82, 2.24) is 15.2 Å². The number of hydrogen-bond acceptors (Lipinski definition) is 6. The quantitative estimate of drug-likeness (QED) is 0.446. The summed E-state index contributed by atoms with van der Waals surface area (Å²) in [5, 5.41) is 10.9. The van der Waals surface area contributed by atoms with Crippen molar-refractivity contribution in [2.75, 3.05) is 5.43 Å². The number of aromatic nitrogens is 3. The number of H-pyrrole nitrogens is 1. The molecule has 7 nitrogen and oxygen atoms in total. The second-order valence-electron chi connectivity index (χ2n) is 5.10. The van der Waals surface area contributed by atoms with Crippen molar-refractivity contribution in [2.45, 2.75) is 25.4 Å². The normalized spacial score (nSPS) is 13.6. The first-order valence-corrected chi connectivity index (χ1v) is 7.09. The Kier molecular flexibility index (Phi) is 5.71. The number of alkyl halides is 6. The van der Waals surface area contributed by atoms with Gasteiger partial charge in [-0.25, -0.2) is 9.82 Å². The van der Waals surface area contributed by atoms with E-state index in [0.717, 1.165) is 12.1 Å². The van der Waals surface area contributed by atoms with Gasteiger partial charge in [0, 0.05) is 0 Å². The summed E-state index contributed by atoms with van der Waals surface area (Å²) < 4.78 is 79.0. The van der Waals surface area contributed by atoms with Gasteiger partial charge in [-0.1, -0.05) is 0 Å². The van der Waals surface area contributed by atoms with Crippen LogP contribution in [0.5, 0.6) is 5.75 Å². The molecule has 0 saturated carbocycles. The van der Waals surface area contributed by atoms with E-state index in [0.29, 0.717) is 5.56 Å². The van der Waals surface area contributed by atoms with Crippen LogP contribution in [0.25, 0.3) is 0 Å². The Balaban J connectivity index is 2.00. The summed E-state index contributed by atoms with van der Waals surface area (Å²) in [7, 11) is 0. The molecule has 0 fully saturated rings. The number of hydrazone groups is 1. The van der Waals surface area contributed by atoms with Crippen molar-refractivity contribution in [1.29, 1.82) is 0 Å². The van der Waals surface area contributed by atoms with E-state index in [1.807, 2.05) is 0 Å². The van der Waals surface area contributed by atoms with Crippen LogP contribution in [0.2, 0.25) is 0 Å². The molecule has 2 rings (SSSR count). The third kappa shape index (κ3) is 5.43. The summed E-state index contributed by atoms with van der Waals surface area (Å²) in [6.07, 6.45) is -14.1. The summed E-state index contributed by atoms with van der Waals surface area (Å²) in [6.45, 7) is 1.45. The molecule has 146 valence electrons. The SMILES string of the molecule is Cc1nnc(N/N=C\c2ccc(OC(F)(F)[C@H](F)C(F)(F)F)cc2)[nH]c1=O. The van der Waals surface area contributed by atoms with Gasteiger partial charge in [0.2, 0.25) is 5.95 Å². The number of nitrogens with zero attached hydrogens (tertiary/aromatic N) is 3. The molecule has 0 spiro atoms. The molecule has 1 aromatic heterocycles. The minimum Gasteiger partial charge on any atom is -0.430 e. The molecular weight excluding hydrogens is 384 g/mol. The lowest BCUT2D eigenvalue weighted by molar-refractivity contribution is -0.304. The lowest BCUT2D eigenvalue weighted by Gasteiger charge is -2.23. The summed E-state index contributed by atoms with van der Waals surface area (Å²) in [6, 6.07) is 4.18. The van der Waals surface area contributed by atoms with Crippen LogP contribution in [0.15, 0.2) is 34.2 Å². The van der Waals surface area contributed by atoms with Crippen molar-refractivity contribution in [3.63, 3.8) is 0 Å². The zero-order chi connectivity index (χ0) is 20.2. The number of anilines is 1. The van der Waals surface area contributed by atoms with E-state index >= 15 is 0 Å². The number of nitrogens with one attached hydrogen (secondary N) is 2. The zero-order valence-electron chi connectivity index (χ0n) is 13.4. The first-order chi connectivity index (χ1) is 12.5. The Bertz CT molecular complexity index is 866. The third-order valence-corrected chi connectivity index (χ3v) is 2.96. The fourth-order valence-electron chi connectivity index (χ4n) is 1.63. The molecule has 27 heavy (non-hydrogen) atoms. The second-order valence-corrected chi connectivity index (χ2v) is 5.10. The Morgan fingerprint density at radius 3 is 2.37 bits per heavy atom. The molecule has 0 aliphatic rings. The van der Waals surface area contributed by atoms with E-state index in [2.05, 4.69) is 30.4 Å². The topological polar surface area (TPSA) is 92.3 Å². The highest BCUT2D eigenvalue weighted by Crippen LogP contribution is 2.36. The molecule has 0 radical (unpaired) electrons. The molecule has 13 heteroatoms. The summed E-state index contributed by atoms with van der Waals surface area (Å²) in [5.41, 5.74) is 2.36. The van der Waals surface area contributed by atoms with Crippen LogP contribution in [-0.4, -0.2) is 39.9 Å². The van der Waals surface area contributed by atoms with Crippen LogP contribution in [0, 0.1) is 6.92 Å². The first kappa shape index (κ1) is 20.2. The standard InChI is InChI=1S/C14H11F6N5O2/c1-7-10(26)22-12(25-23-7)24-21-6-8-2-4-9(5-3-8)27-14(19,20)11(15)13(16,17)18/h2-6,11H,1H3,(H2,22,24,25,26)/b21-6-/t11-/m1/s1. The van der Waals surface area contributed by atoms with Gasteiger partial charge in [-0.2, -0.15) is 27.1 Å². The van der Waals surface area contributed by atoms with Gasteiger partial charge >= 0.3 is 12.3 Å². The number of hydrogen-bond donors (Lipinski definition) is 2. The lowest BCUT2D eigenvalue weighted by Crippen LogP contribution is -2.45. The summed E-state index contributed by atoms with van der Waals surface area (Å²) in [5.74, 6) is -0.728. The van der Waals surface area contributed by atoms with Crippen molar-refractivity contribution in [3.8, 4) is 5.75 Å². The molecular formula is C14H11F6N5O2. The molecule has 0 amide bonds. The average Bonchev–Trinajstić information content (AvgIpc) is 2.58. The highest BCUT2D eigenvalue weighted by atomic mass is 19.4. The van der Waals surface area contributed by atoms with E-state index in [1.165, 1.54) is 25.3 Å². The summed E-state index contributed by atoms with van der Waals surface area (Å²) in [4.78, 5) is 13.6. The average molecular weight is 395 g/mol. The van der Waals surface area contributed by atoms with Gasteiger partial charge in [0.1, 0.15) is 11.4 Å². The number of halogens is 6. The van der Waals surface area contributed by atoms with Gasteiger partial charge < -0.3 is 4.74 Å². The van der Waals surface area contributed by atoms with Crippen molar-refractivity contribution >= 4 is 12.2 Å². The maximum atomic E-state index is 13.2. The lowest BCUT2D eigenvalue weighted by atomic mass is 10.2. The number of ether oxygens (including phenoxy) is 1. The minimum atomic E-state index is -5.76. The van der Waals surface area contributed by atoms with E-state index < -0.39 is 29.8 Å². The van der Waals surface area contributed by atoms with Gasteiger partial charge in [-0.05, 0) is 36.8 Å². The predicted octanol–water partition coefficient (Wildman–Crippen LogP) is 2.79. The van der Waals surface area contributed by atoms with Gasteiger partial charge in [0.15, 0.2) is 0 Å². The Morgan fingerprint density at radius 2 is 1.81 bits per heavy atom. The fraction of sp³-hybridized carbons (Fsp3) is 0.286. The number of rotatable bonds is 6. The van der Waals surface area contributed by atoms with E-state index in [-0.39, 0.29) is 11.6 Å². The Labute approximate surface area is 147 Å². The number of aromatic amines is 1. The fourth-order valence-corrected chi connectivity index (χ4v) is 1.63. The second kappa shape index (κ2) is 7.63. The van der Waals surface area contributed by atoms with Crippen molar-refractivity contribution in [3.05, 3.63) is 45.9 Å². The van der Waals surface area contributed by atoms with E-state index in [1.54, 1.807) is 0 Å². The Hall–Kier alpha value is -3.12. The molecule has 0 aliphatic carbocycles. The minimum absolute atomic E-state index is 0.0532. The van der Waals surface area contributed by atoms with Crippen LogP contribution in [0.1, 0.15) is 11.3 Å². The van der Waals surface area contributed by atoms with Gasteiger partial charge in [0.05, 0.1) is 6.21 Å². The highest BCUT2D eigenvalue weighted by Gasteiger charge is 2.59. The van der Waals surface area contributed by atoms with Crippen LogP contribution in [0.3, 0.4) is 0 Å². The number of aryl methyl sites for hydroxylation is 1. The van der Waals surface area contributed by atoms with Crippen LogP contribution >= 0.6 is 0 Å². The molecule has 0 aliphatic heterocycles. The molecule has 0 bridgehead atoms. The van der Waals surface area contributed by atoms with Crippen LogP contribution in [0.4, 0.5) is 32.3 Å². The van der Waals surface area contributed by atoms with Crippen LogP contribution < -0.4 is 15.7 Å². The molecule has 2 N–H and O–H groups in total. The molecule has 2 aromatic rings. The largest absolute Gasteiger partial charge is 0.439 e. The molecule has 1 heterocycles. The predicted molar refractivity (Wildman–Crippen MR) is 81.6 cm³/mol. The summed E-state index contributed by atoms with van der Waals surface area (Å²) >= 11 is 0. The van der Waals surface area contributed by atoms with Crippen molar-refractivity contribution in [2.24, 2.45) is 5.10 Å². The third-order valence-electron chi connectivity index (χ3n) is 2.96. The van der Waals surface area contributed by atoms with E-state index in [4.69, 9.17) is 0 Å². The number of benzene rings is 1. The smallest absolute Gasteiger partial charge is 0.430 e. The molecule has 0 unspecified atom stereocenters. The monoisotopic (exact) mass is 395 g/mol.